The van der Waals surface area contributed by atoms with Crippen LogP contribution in [0.15, 0.2) is 115 Å². The molecule has 0 N–H and O–H groups in total. The van der Waals surface area contributed by atoms with Crippen molar-refractivity contribution in [1.82, 2.24) is 0 Å². The molecule has 4 aromatic carbocycles. The highest BCUT2D eigenvalue weighted by atomic mass is 16.8. The highest BCUT2D eigenvalue weighted by Gasteiger charge is 2.62. The summed E-state index contributed by atoms with van der Waals surface area (Å²) in [6.45, 7) is 1.59. The van der Waals surface area contributed by atoms with Gasteiger partial charge in [-0.2, -0.15) is 0 Å². The lowest BCUT2D eigenvalue weighted by Gasteiger charge is -2.46. The first-order chi connectivity index (χ1) is 23.7. The summed E-state index contributed by atoms with van der Waals surface area (Å²) in [6, 6.07) is 38.7. The molecule has 7 heteroatoms. The maximum atomic E-state index is 7.02. The quantitative estimate of drug-likeness (QED) is 0.146. The molecule has 0 amide bonds. The Labute approximate surface area is 284 Å². The summed E-state index contributed by atoms with van der Waals surface area (Å²) >= 11 is 0. The number of hydrogen-bond acceptors (Lipinski definition) is 7. The van der Waals surface area contributed by atoms with Crippen LogP contribution < -0.4 is 4.74 Å². The zero-order valence-corrected chi connectivity index (χ0v) is 27.7. The molecule has 6 atom stereocenters. The molecule has 2 aliphatic carbocycles. The fraction of sp³-hybridized carbons (Fsp3) is 0.415. The van der Waals surface area contributed by atoms with Gasteiger partial charge in [0.05, 0.1) is 33.5 Å². The normalized spacial score (nSPS) is 26.3. The van der Waals surface area contributed by atoms with Gasteiger partial charge in [-0.25, -0.2) is 0 Å². The SMILES string of the molecule is COc1ccc(CO[C@@H]2[C@@H](OCc3ccccc3)[C@H](OCc3ccccc3)[C@@H](OCc3ccccc3)[C@H]3OC4(CCCCC4)O[C@@H]23)cc1. The van der Waals surface area contributed by atoms with Crippen molar-refractivity contribution in [2.45, 2.75) is 101 Å². The lowest BCUT2D eigenvalue weighted by Crippen LogP contribution is -2.65. The molecule has 1 spiro atoms. The molecule has 0 radical (unpaired) electrons. The zero-order chi connectivity index (χ0) is 32.6. The van der Waals surface area contributed by atoms with Gasteiger partial charge in [-0.3, -0.25) is 0 Å². The Morgan fingerprint density at radius 3 is 1.25 bits per heavy atom. The summed E-state index contributed by atoms with van der Waals surface area (Å²) in [4.78, 5) is 0. The van der Waals surface area contributed by atoms with E-state index in [1.807, 2.05) is 78.9 Å². The molecular weight excluding hydrogens is 604 g/mol. The van der Waals surface area contributed by atoms with Gasteiger partial charge in [0.15, 0.2) is 5.79 Å². The van der Waals surface area contributed by atoms with Gasteiger partial charge in [-0.1, -0.05) is 110 Å². The highest BCUT2D eigenvalue weighted by molar-refractivity contribution is 5.27. The van der Waals surface area contributed by atoms with Crippen LogP contribution in [0.1, 0.15) is 54.4 Å². The van der Waals surface area contributed by atoms with Crippen LogP contribution in [0.3, 0.4) is 0 Å². The van der Waals surface area contributed by atoms with Gasteiger partial charge < -0.3 is 33.2 Å². The average molecular weight is 651 g/mol. The predicted octanol–water partition coefficient (Wildman–Crippen LogP) is 7.79. The topological polar surface area (TPSA) is 64.6 Å². The molecule has 1 heterocycles. The molecule has 7 rings (SSSR count). The summed E-state index contributed by atoms with van der Waals surface area (Å²) in [5.41, 5.74) is 4.27. The van der Waals surface area contributed by atoms with Crippen molar-refractivity contribution in [1.29, 1.82) is 0 Å². The number of benzene rings is 4. The minimum Gasteiger partial charge on any atom is -0.497 e. The fourth-order valence-electron chi connectivity index (χ4n) is 7.21. The first kappa shape index (κ1) is 33.0. The van der Waals surface area contributed by atoms with Crippen molar-refractivity contribution < 1.29 is 33.2 Å². The van der Waals surface area contributed by atoms with E-state index in [-0.39, 0.29) is 0 Å². The number of rotatable bonds is 13. The minimum absolute atomic E-state index is 0.375. The smallest absolute Gasteiger partial charge is 0.169 e. The van der Waals surface area contributed by atoms with Crippen LogP contribution in [0, 0.1) is 0 Å². The minimum atomic E-state index is -0.665. The molecule has 7 nitrogen and oxygen atoms in total. The van der Waals surface area contributed by atoms with Crippen LogP contribution in [0.4, 0.5) is 0 Å². The molecule has 4 aromatic rings. The third-order valence-corrected chi connectivity index (χ3v) is 9.72. The van der Waals surface area contributed by atoms with Crippen LogP contribution in [0.25, 0.3) is 0 Å². The Bertz CT molecular complexity index is 1530. The fourth-order valence-corrected chi connectivity index (χ4v) is 7.21. The van der Waals surface area contributed by atoms with Crippen molar-refractivity contribution in [2.24, 2.45) is 0 Å². The number of hydrogen-bond donors (Lipinski definition) is 0. The number of methoxy groups -OCH3 is 1. The molecular formula is C41H46O7. The third kappa shape index (κ3) is 7.84. The van der Waals surface area contributed by atoms with Gasteiger partial charge in [-0.15, -0.1) is 0 Å². The molecule has 0 bridgehead atoms. The van der Waals surface area contributed by atoms with Crippen LogP contribution in [0.2, 0.25) is 0 Å². The van der Waals surface area contributed by atoms with E-state index < -0.39 is 42.4 Å². The van der Waals surface area contributed by atoms with Gasteiger partial charge in [-0.05, 0) is 47.2 Å². The highest BCUT2D eigenvalue weighted by Crippen LogP contribution is 2.47. The Morgan fingerprint density at radius 2 is 0.854 bits per heavy atom. The van der Waals surface area contributed by atoms with E-state index >= 15 is 0 Å². The van der Waals surface area contributed by atoms with Crippen molar-refractivity contribution in [3.8, 4) is 5.75 Å². The molecule has 48 heavy (non-hydrogen) atoms. The van der Waals surface area contributed by atoms with Gasteiger partial charge in [0.2, 0.25) is 0 Å². The summed E-state index contributed by atoms with van der Waals surface area (Å²) in [5, 5.41) is 0. The molecule has 252 valence electrons. The predicted molar refractivity (Wildman–Crippen MR) is 182 cm³/mol. The second-order valence-corrected chi connectivity index (χ2v) is 13.0. The molecule has 0 unspecified atom stereocenters. The van der Waals surface area contributed by atoms with E-state index in [1.54, 1.807) is 7.11 Å². The van der Waals surface area contributed by atoms with E-state index in [1.165, 1.54) is 6.42 Å². The van der Waals surface area contributed by atoms with Gasteiger partial charge in [0, 0.05) is 12.8 Å². The van der Waals surface area contributed by atoms with Crippen LogP contribution in [-0.4, -0.2) is 49.5 Å². The Morgan fingerprint density at radius 1 is 0.479 bits per heavy atom. The Balaban J connectivity index is 1.24. The van der Waals surface area contributed by atoms with Crippen molar-refractivity contribution in [3.05, 3.63) is 138 Å². The molecule has 1 aliphatic heterocycles. The van der Waals surface area contributed by atoms with Crippen molar-refractivity contribution in [2.75, 3.05) is 7.11 Å². The molecule has 2 saturated carbocycles. The van der Waals surface area contributed by atoms with Gasteiger partial charge >= 0.3 is 0 Å². The standard InChI is InChI=1S/C41H46O7/c1-42-34-22-20-33(21-23-34)29-46-38-36(44-27-31-16-8-3-9-17-31)35(43-26-30-14-6-2-7-15-30)37(45-28-32-18-10-4-11-19-32)39-40(38)48-41(47-39)24-12-5-13-25-41/h2-4,6-11,14-23,35-40H,5,12-13,24-29H2,1H3/t35-,36-,37+,38+,39+,40-/m0/s1. The van der Waals surface area contributed by atoms with Crippen molar-refractivity contribution >= 4 is 0 Å². The largest absolute Gasteiger partial charge is 0.497 e. The van der Waals surface area contributed by atoms with E-state index in [4.69, 9.17) is 33.2 Å². The Kier molecular flexibility index (Phi) is 10.8. The molecule has 0 aromatic heterocycles. The lowest BCUT2D eigenvalue weighted by molar-refractivity contribution is -0.252. The van der Waals surface area contributed by atoms with E-state index in [0.29, 0.717) is 26.4 Å². The molecule has 3 aliphatic rings. The number of ether oxygens (including phenoxy) is 7. The third-order valence-electron chi connectivity index (χ3n) is 9.72. The summed E-state index contributed by atoms with van der Waals surface area (Å²) in [5.74, 6) is 0.141. The van der Waals surface area contributed by atoms with Gasteiger partial charge in [0.1, 0.15) is 42.4 Å². The summed E-state index contributed by atoms with van der Waals surface area (Å²) in [6.07, 6.45) is 2.27. The zero-order valence-electron chi connectivity index (χ0n) is 27.7. The lowest BCUT2D eigenvalue weighted by atomic mass is 9.84. The first-order valence-electron chi connectivity index (χ1n) is 17.3. The van der Waals surface area contributed by atoms with E-state index in [0.717, 1.165) is 53.7 Å². The van der Waals surface area contributed by atoms with Gasteiger partial charge in [0.25, 0.3) is 0 Å². The maximum absolute atomic E-state index is 7.02. The van der Waals surface area contributed by atoms with Crippen LogP contribution in [0.5, 0.6) is 5.75 Å². The van der Waals surface area contributed by atoms with Crippen LogP contribution in [-0.2, 0) is 54.8 Å². The second-order valence-electron chi connectivity index (χ2n) is 13.0. The first-order valence-corrected chi connectivity index (χ1v) is 17.3. The van der Waals surface area contributed by atoms with E-state index in [9.17, 15) is 0 Å². The maximum Gasteiger partial charge on any atom is 0.169 e. The summed E-state index contributed by atoms with van der Waals surface area (Å²) < 4.78 is 46.9. The van der Waals surface area contributed by atoms with Crippen molar-refractivity contribution in [3.63, 3.8) is 0 Å². The van der Waals surface area contributed by atoms with E-state index in [2.05, 4.69) is 36.4 Å². The summed E-state index contributed by atoms with van der Waals surface area (Å²) in [7, 11) is 1.67. The number of fused-ring (bicyclic) bond motifs is 1. The van der Waals surface area contributed by atoms with Crippen LogP contribution >= 0.6 is 0 Å². The second kappa shape index (κ2) is 15.8. The monoisotopic (exact) mass is 650 g/mol. The average Bonchev–Trinajstić information content (AvgIpc) is 3.51. The molecule has 1 saturated heterocycles. The molecule has 3 fully saturated rings. The Hall–Kier alpha value is -3.56.